The molecule has 1 atom stereocenters. The predicted molar refractivity (Wildman–Crippen MR) is 93.3 cm³/mol. The van der Waals surface area contributed by atoms with Crippen molar-refractivity contribution >= 4 is 40.4 Å². The van der Waals surface area contributed by atoms with Gasteiger partial charge in [-0.15, -0.1) is 11.3 Å². The van der Waals surface area contributed by atoms with E-state index >= 15 is 0 Å². The Kier molecular flexibility index (Phi) is 5.15. The molecule has 0 fully saturated rings. The number of aryl methyl sites for hydroxylation is 2. The minimum atomic E-state index is -0.124. The van der Waals surface area contributed by atoms with Gasteiger partial charge in [-0.1, -0.05) is 23.2 Å². The molecular weight excluding hydrogens is 339 g/mol. The quantitative estimate of drug-likeness (QED) is 0.756. The molecule has 0 radical (unpaired) electrons. The maximum absolute atomic E-state index is 12.7. The Morgan fingerprint density at radius 2 is 1.77 bits per heavy atom. The number of amides is 1. The summed E-state index contributed by atoms with van der Waals surface area (Å²) < 4.78 is 0. The fourth-order valence-electron chi connectivity index (χ4n) is 2.26. The van der Waals surface area contributed by atoms with E-state index in [4.69, 9.17) is 23.2 Å². The Morgan fingerprint density at radius 3 is 2.23 bits per heavy atom. The number of carbonyl (C=O) groups excluding carboxylic acids is 1. The Morgan fingerprint density at radius 1 is 1.23 bits per heavy atom. The minimum absolute atomic E-state index is 0.115. The van der Waals surface area contributed by atoms with Gasteiger partial charge in [0.1, 0.15) is 0 Å². The molecule has 3 nitrogen and oxygen atoms in total. The van der Waals surface area contributed by atoms with Gasteiger partial charge in [-0.25, -0.2) is 4.98 Å². The Labute approximate surface area is 144 Å². The molecule has 22 heavy (non-hydrogen) atoms. The fraction of sp³-hybridized carbons (Fsp3) is 0.375. The molecule has 0 aliphatic heterocycles. The number of rotatable bonds is 3. The average molecular weight is 357 g/mol. The van der Waals surface area contributed by atoms with Crippen LogP contribution < -0.4 is 0 Å². The van der Waals surface area contributed by atoms with Crippen LogP contribution in [0.1, 0.15) is 44.5 Å². The number of hydrogen-bond donors (Lipinski definition) is 0. The molecule has 1 aromatic carbocycles. The van der Waals surface area contributed by atoms with Gasteiger partial charge in [0.05, 0.1) is 16.7 Å². The number of benzene rings is 1. The molecule has 1 aromatic heterocycles. The second-order valence-electron chi connectivity index (χ2n) is 5.33. The van der Waals surface area contributed by atoms with Gasteiger partial charge < -0.3 is 4.90 Å². The van der Waals surface area contributed by atoms with E-state index in [1.807, 2.05) is 27.7 Å². The Bertz CT molecular complexity index is 704. The van der Waals surface area contributed by atoms with Gasteiger partial charge in [0.15, 0.2) is 0 Å². The van der Waals surface area contributed by atoms with Crippen LogP contribution >= 0.6 is 34.5 Å². The monoisotopic (exact) mass is 356 g/mol. The Hall–Kier alpha value is -1.10. The van der Waals surface area contributed by atoms with Crippen LogP contribution in [0.5, 0.6) is 0 Å². The first-order valence-electron chi connectivity index (χ1n) is 6.89. The lowest BCUT2D eigenvalue weighted by Crippen LogP contribution is -2.30. The van der Waals surface area contributed by atoms with Crippen molar-refractivity contribution < 1.29 is 4.79 Å². The molecule has 0 spiro atoms. The standard InChI is InChI=1S/C16H18Cl2N2OS/c1-8-13(17)6-12(7-14(8)18)16(21)20(5)9(2)15-10(3)22-11(4)19-15/h6-7,9H,1-5H3/t9-/m0/s1. The molecule has 0 unspecified atom stereocenters. The van der Waals surface area contributed by atoms with Crippen molar-refractivity contribution in [3.05, 3.63) is 48.9 Å². The van der Waals surface area contributed by atoms with Crippen LogP contribution in [0.2, 0.25) is 10.0 Å². The number of carbonyl (C=O) groups is 1. The molecule has 6 heteroatoms. The summed E-state index contributed by atoms with van der Waals surface area (Å²) in [6.45, 7) is 7.78. The van der Waals surface area contributed by atoms with Crippen molar-refractivity contribution in [1.82, 2.24) is 9.88 Å². The van der Waals surface area contributed by atoms with E-state index in [1.165, 1.54) is 0 Å². The lowest BCUT2D eigenvalue weighted by Gasteiger charge is -2.24. The molecule has 1 amide bonds. The number of thiazole rings is 1. The highest BCUT2D eigenvalue weighted by molar-refractivity contribution is 7.11. The number of hydrogen-bond acceptors (Lipinski definition) is 3. The van der Waals surface area contributed by atoms with E-state index in [0.717, 1.165) is 21.1 Å². The summed E-state index contributed by atoms with van der Waals surface area (Å²) in [6, 6.07) is 3.21. The first-order valence-corrected chi connectivity index (χ1v) is 8.46. The van der Waals surface area contributed by atoms with Crippen molar-refractivity contribution in [3.63, 3.8) is 0 Å². The van der Waals surface area contributed by atoms with Gasteiger partial charge in [-0.2, -0.15) is 0 Å². The van der Waals surface area contributed by atoms with Crippen molar-refractivity contribution in [2.24, 2.45) is 0 Å². The van der Waals surface area contributed by atoms with Gasteiger partial charge in [-0.3, -0.25) is 4.79 Å². The summed E-state index contributed by atoms with van der Waals surface area (Å²) in [5.41, 5.74) is 2.20. The molecule has 2 aromatic rings. The third-order valence-electron chi connectivity index (χ3n) is 3.76. The number of halogens is 2. The highest BCUT2D eigenvalue weighted by Gasteiger charge is 2.23. The molecule has 0 aliphatic rings. The molecule has 0 N–H and O–H groups in total. The second kappa shape index (κ2) is 6.57. The van der Waals surface area contributed by atoms with Gasteiger partial charge in [-0.05, 0) is 45.4 Å². The third-order valence-corrected chi connectivity index (χ3v) is 5.45. The molecule has 0 saturated carbocycles. The first-order chi connectivity index (χ1) is 10.2. The predicted octanol–water partition coefficient (Wildman–Crippen LogP) is 5.21. The van der Waals surface area contributed by atoms with Gasteiger partial charge in [0, 0.05) is 27.5 Å². The van der Waals surface area contributed by atoms with E-state index in [9.17, 15) is 4.79 Å². The molecule has 2 rings (SSSR count). The minimum Gasteiger partial charge on any atom is -0.333 e. The van der Waals surface area contributed by atoms with E-state index < -0.39 is 0 Å². The molecule has 0 aliphatic carbocycles. The van der Waals surface area contributed by atoms with E-state index in [-0.39, 0.29) is 11.9 Å². The molecule has 1 heterocycles. The van der Waals surface area contributed by atoms with Crippen LogP contribution in [-0.2, 0) is 0 Å². The zero-order chi connectivity index (χ0) is 16.6. The average Bonchev–Trinajstić information content (AvgIpc) is 2.80. The molecule has 118 valence electrons. The van der Waals surface area contributed by atoms with E-state index in [2.05, 4.69) is 4.98 Å². The van der Waals surface area contributed by atoms with Crippen LogP contribution in [0.25, 0.3) is 0 Å². The summed E-state index contributed by atoms with van der Waals surface area (Å²) >= 11 is 13.9. The molecule has 0 saturated heterocycles. The smallest absolute Gasteiger partial charge is 0.254 e. The van der Waals surface area contributed by atoms with Crippen LogP contribution in [-0.4, -0.2) is 22.8 Å². The summed E-state index contributed by atoms with van der Waals surface area (Å²) in [5, 5.41) is 2.00. The highest BCUT2D eigenvalue weighted by Crippen LogP contribution is 2.29. The Balaban J connectivity index is 2.31. The number of nitrogens with zero attached hydrogens (tertiary/aromatic N) is 2. The van der Waals surface area contributed by atoms with Crippen molar-refractivity contribution in [1.29, 1.82) is 0 Å². The zero-order valence-corrected chi connectivity index (χ0v) is 15.5. The summed E-state index contributed by atoms with van der Waals surface area (Å²) in [7, 11) is 1.77. The van der Waals surface area contributed by atoms with Gasteiger partial charge >= 0.3 is 0 Å². The molecule has 0 bridgehead atoms. The maximum Gasteiger partial charge on any atom is 0.254 e. The number of aromatic nitrogens is 1. The maximum atomic E-state index is 12.7. The van der Waals surface area contributed by atoms with E-state index in [1.54, 1.807) is 35.4 Å². The van der Waals surface area contributed by atoms with Crippen molar-refractivity contribution in [2.45, 2.75) is 33.7 Å². The molecular formula is C16H18Cl2N2OS. The normalized spacial score (nSPS) is 12.3. The van der Waals surface area contributed by atoms with Gasteiger partial charge in [0.25, 0.3) is 5.91 Å². The largest absolute Gasteiger partial charge is 0.333 e. The lowest BCUT2D eigenvalue weighted by atomic mass is 10.1. The topological polar surface area (TPSA) is 33.2 Å². The summed E-state index contributed by atoms with van der Waals surface area (Å²) in [6.07, 6.45) is 0. The van der Waals surface area contributed by atoms with Crippen LogP contribution in [0, 0.1) is 20.8 Å². The fourth-order valence-corrected chi connectivity index (χ4v) is 3.66. The lowest BCUT2D eigenvalue weighted by molar-refractivity contribution is 0.0740. The third kappa shape index (κ3) is 3.29. The summed E-state index contributed by atoms with van der Waals surface area (Å²) in [5.74, 6) is -0.124. The van der Waals surface area contributed by atoms with Crippen LogP contribution in [0.15, 0.2) is 12.1 Å². The SMILES string of the molecule is Cc1nc([C@H](C)N(C)C(=O)c2cc(Cl)c(C)c(Cl)c2)c(C)s1. The second-order valence-corrected chi connectivity index (χ2v) is 7.55. The van der Waals surface area contributed by atoms with Crippen LogP contribution in [0.3, 0.4) is 0 Å². The van der Waals surface area contributed by atoms with Crippen LogP contribution in [0.4, 0.5) is 0 Å². The highest BCUT2D eigenvalue weighted by atomic mass is 35.5. The first kappa shape index (κ1) is 17.3. The van der Waals surface area contributed by atoms with Gasteiger partial charge in [0.2, 0.25) is 0 Å². The summed E-state index contributed by atoms with van der Waals surface area (Å²) in [4.78, 5) is 20.0. The zero-order valence-electron chi connectivity index (χ0n) is 13.2. The van der Waals surface area contributed by atoms with Crippen molar-refractivity contribution in [2.75, 3.05) is 7.05 Å². The van der Waals surface area contributed by atoms with Crippen molar-refractivity contribution in [3.8, 4) is 0 Å². The van der Waals surface area contributed by atoms with E-state index in [0.29, 0.717) is 15.6 Å².